The van der Waals surface area contributed by atoms with Crippen LogP contribution in [-0.4, -0.2) is 17.6 Å². The first-order valence-corrected chi connectivity index (χ1v) is 7.36. The number of nitrogens with zero attached hydrogens (tertiary/aromatic N) is 1. The highest BCUT2D eigenvalue weighted by molar-refractivity contribution is 5.94. The van der Waals surface area contributed by atoms with E-state index in [9.17, 15) is 13.6 Å². The van der Waals surface area contributed by atoms with Crippen molar-refractivity contribution in [3.63, 3.8) is 0 Å². The Morgan fingerprint density at radius 3 is 2.83 bits per heavy atom. The Morgan fingerprint density at radius 2 is 2.04 bits per heavy atom. The number of carbonyl (C=O) groups excluding carboxylic acids is 1. The Balaban J connectivity index is 1.99. The van der Waals surface area contributed by atoms with Crippen LogP contribution >= 0.6 is 0 Å². The van der Waals surface area contributed by atoms with Gasteiger partial charge in [-0.3, -0.25) is 4.98 Å². The van der Waals surface area contributed by atoms with Gasteiger partial charge in [-0.05, 0) is 37.3 Å². The van der Waals surface area contributed by atoms with Crippen LogP contribution in [0.2, 0.25) is 0 Å². The molecule has 3 rings (SSSR count). The number of hydrogen-bond acceptors (Lipinski definition) is 4. The number of esters is 1. The molecule has 2 aromatic carbocycles. The fourth-order valence-corrected chi connectivity index (χ4v) is 2.38. The van der Waals surface area contributed by atoms with E-state index in [4.69, 9.17) is 4.74 Å². The lowest BCUT2D eigenvalue weighted by molar-refractivity contribution is 0.0526. The van der Waals surface area contributed by atoms with Crippen LogP contribution in [0.15, 0.2) is 48.7 Å². The monoisotopic (exact) mass is 328 g/mol. The average Bonchev–Trinajstić information content (AvgIpc) is 2.56. The normalized spacial score (nSPS) is 10.6. The molecular formula is C18H14F2N2O2. The van der Waals surface area contributed by atoms with E-state index < -0.39 is 17.6 Å². The summed E-state index contributed by atoms with van der Waals surface area (Å²) in [6.07, 6.45) is 1.43. The van der Waals surface area contributed by atoms with Gasteiger partial charge in [0.05, 0.1) is 12.2 Å². The molecule has 6 heteroatoms. The van der Waals surface area contributed by atoms with Gasteiger partial charge in [0.25, 0.3) is 0 Å². The van der Waals surface area contributed by atoms with E-state index in [2.05, 4.69) is 10.3 Å². The van der Waals surface area contributed by atoms with E-state index in [0.717, 1.165) is 6.07 Å². The van der Waals surface area contributed by atoms with E-state index in [1.165, 1.54) is 12.3 Å². The smallest absolute Gasteiger partial charge is 0.338 e. The topological polar surface area (TPSA) is 51.2 Å². The number of halogens is 2. The van der Waals surface area contributed by atoms with Crippen LogP contribution in [0, 0.1) is 11.6 Å². The molecule has 4 nitrogen and oxygen atoms in total. The molecule has 0 spiro atoms. The maximum Gasteiger partial charge on any atom is 0.338 e. The van der Waals surface area contributed by atoms with Crippen molar-refractivity contribution in [3.05, 3.63) is 65.9 Å². The van der Waals surface area contributed by atoms with E-state index in [1.54, 1.807) is 37.3 Å². The zero-order chi connectivity index (χ0) is 17.1. The summed E-state index contributed by atoms with van der Waals surface area (Å²) >= 11 is 0. The number of anilines is 2. The van der Waals surface area contributed by atoms with Crippen molar-refractivity contribution in [1.29, 1.82) is 0 Å². The summed E-state index contributed by atoms with van der Waals surface area (Å²) < 4.78 is 32.3. The minimum Gasteiger partial charge on any atom is -0.462 e. The highest BCUT2D eigenvalue weighted by atomic mass is 19.1. The van der Waals surface area contributed by atoms with Crippen LogP contribution in [0.4, 0.5) is 20.2 Å². The first-order chi connectivity index (χ1) is 11.6. The highest BCUT2D eigenvalue weighted by Crippen LogP contribution is 2.28. The first kappa shape index (κ1) is 15.9. The van der Waals surface area contributed by atoms with E-state index in [1.807, 2.05) is 0 Å². The molecule has 0 aliphatic rings. The second-order valence-corrected chi connectivity index (χ2v) is 5.07. The average molecular weight is 328 g/mol. The van der Waals surface area contributed by atoms with Crippen molar-refractivity contribution in [2.75, 3.05) is 11.9 Å². The van der Waals surface area contributed by atoms with Gasteiger partial charge in [0.15, 0.2) is 5.82 Å². The molecule has 24 heavy (non-hydrogen) atoms. The number of fused-ring (bicyclic) bond motifs is 1. The molecule has 1 heterocycles. The summed E-state index contributed by atoms with van der Waals surface area (Å²) in [4.78, 5) is 15.7. The van der Waals surface area contributed by atoms with Crippen molar-refractivity contribution in [2.45, 2.75) is 6.92 Å². The number of ether oxygens (including phenoxy) is 1. The Hall–Kier alpha value is -3.02. The molecule has 0 aliphatic heterocycles. The minimum absolute atomic E-state index is 0.0722. The number of rotatable bonds is 4. The lowest BCUT2D eigenvalue weighted by Crippen LogP contribution is -2.05. The third-order valence-electron chi connectivity index (χ3n) is 3.42. The number of pyridine rings is 1. The minimum atomic E-state index is -0.728. The molecule has 0 saturated heterocycles. The maximum absolute atomic E-state index is 13.8. The molecule has 0 fully saturated rings. The van der Waals surface area contributed by atoms with Gasteiger partial charge in [0.1, 0.15) is 11.3 Å². The van der Waals surface area contributed by atoms with E-state index in [-0.39, 0.29) is 12.1 Å². The largest absolute Gasteiger partial charge is 0.462 e. The fraction of sp³-hybridized carbons (Fsp3) is 0.111. The zero-order valence-electron chi connectivity index (χ0n) is 12.8. The summed E-state index contributed by atoms with van der Waals surface area (Å²) in [7, 11) is 0. The van der Waals surface area contributed by atoms with Gasteiger partial charge < -0.3 is 10.1 Å². The van der Waals surface area contributed by atoms with Gasteiger partial charge in [-0.15, -0.1) is 0 Å². The Morgan fingerprint density at radius 1 is 1.21 bits per heavy atom. The van der Waals surface area contributed by atoms with Crippen LogP contribution in [0.25, 0.3) is 10.9 Å². The number of aromatic nitrogens is 1. The van der Waals surface area contributed by atoms with Crippen molar-refractivity contribution < 1.29 is 18.3 Å². The first-order valence-electron chi connectivity index (χ1n) is 7.36. The van der Waals surface area contributed by atoms with Crippen molar-refractivity contribution in [2.24, 2.45) is 0 Å². The Kier molecular flexibility index (Phi) is 4.37. The molecule has 3 aromatic rings. The summed E-state index contributed by atoms with van der Waals surface area (Å²) in [5.41, 5.74) is 1.54. The van der Waals surface area contributed by atoms with Gasteiger partial charge in [0, 0.05) is 29.0 Å². The number of carbonyl (C=O) groups is 1. The zero-order valence-corrected chi connectivity index (χ0v) is 12.8. The molecule has 0 atom stereocenters. The Bertz CT molecular complexity index is 913. The molecule has 1 N–H and O–H groups in total. The lowest BCUT2D eigenvalue weighted by atomic mass is 10.1. The fourth-order valence-electron chi connectivity index (χ4n) is 2.38. The standard InChI is InChI=1S/C18H14F2N2O2/c1-2-24-18(23)11-4-3-5-13(8-11)22-16-6-7-21-17-14(16)9-12(19)10-15(17)20/h3-10H,2H2,1H3,(H,21,22). The summed E-state index contributed by atoms with van der Waals surface area (Å²) in [5, 5.41) is 3.37. The molecule has 0 bridgehead atoms. The quantitative estimate of drug-likeness (QED) is 0.720. The van der Waals surface area contributed by atoms with Crippen LogP contribution in [0.5, 0.6) is 0 Å². The van der Waals surface area contributed by atoms with Crippen molar-refractivity contribution in [1.82, 2.24) is 4.98 Å². The number of benzene rings is 2. The molecule has 122 valence electrons. The summed E-state index contributed by atoms with van der Waals surface area (Å²) in [5.74, 6) is -1.84. The lowest BCUT2D eigenvalue weighted by Gasteiger charge is -2.11. The van der Waals surface area contributed by atoms with Crippen LogP contribution < -0.4 is 5.32 Å². The molecule has 0 amide bonds. The van der Waals surface area contributed by atoms with Crippen LogP contribution in [0.1, 0.15) is 17.3 Å². The predicted molar refractivity (Wildman–Crippen MR) is 87.3 cm³/mol. The third-order valence-corrected chi connectivity index (χ3v) is 3.42. The van der Waals surface area contributed by atoms with E-state index >= 15 is 0 Å². The number of nitrogens with one attached hydrogen (secondary N) is 1. The SMILES string of the molecule is CCOC(=O)c1cccc(Nc2ccnc3c(F)cc(F)cc23)c1. The molecule has 0 aliphatic carbocycles. The second-order valence-electron chi connectivity index (χ2n) is 5.07. The second kappa shape index (κ2) is 6.62. The van der Waals surface area contributed by atoms with E-state index in [0.29, 0.717) is 22.3 Å². The van der Waals surface area contributed by atoms with Gasteiger partial charge in [0.2, 0.25) is 0 Å². The van der Waals surface area contributed by atoms with Crippen molar-refractivity contribution in [3.8, 4) is 0 Å². The van der Waals surface area contributed by atoms with Gasteiger partial charge in [-0.2, -0.15) is 0 Å². The number of hydrogen-bond donors (Lipinski definition) is 1. The molecular weight excluding hydrogens is 314 g/mol. The highest BCUT2D eigenvalue weighted by Gasteiger charge is 2.11. The Labute approximate surface area is 137 Å². The van der Waals surface area contributed by atoms with Gasteiger partial charge in [-0.25, -0.2) is 13.6 Å². The maximum atomic E-state index is 13.8. The molecule has 1 aromatic heterocycles. The predicted octanol–water partition coefficient (Wildman–Crippen LogP) is 4.43. The van der Waals surface area contributed by atoms with Crippen LogP contribution in [-0.2, 0) is 4.74 Å². The molecule has 0 unspecified atom stereocenters. The third kappa shape index (κ3) is 3.17. The van der Waals surface area contributed by atoms with Gasteiger partial charge in [-0.1, -0.05) is 6.07 Å². The molecule has 0 radical (unpaired) electrons. The van der Waals surface area contributed by atoms with Crippen molar-refractivity contribution >= 4 is 28.2 Å². The summed E-state index contributed by atoms with van der Waals surface area (Å²) in [6, 6.07) is 10.3. The molecule has 0 saturated carbocycles. The summed E-state index contributed by atoms with van der Waals surface area (Å²) in [6.45, 7) is 2.01. The van der Waals surface area contributed by atoms with Gasteiger partial charge >= 0.3 is 5.97 Å². The van der Waals surface area contributed by atoms with Crippen LogP contribution in [0.3, 0.4) is 0 Å².